The smallest absolute Gasteiger partial charge is 0.0323 e. The van der Waals surface area contributed by atoms with Gasteiger partial charge < -0.3 is 5.73 Å². The first-order valence-electron chi connectivity index (χ1n) is 6.00. The fourth-order valence-electron chi connectivity index (χ4n) is 2.79. The van der Waals surface area contributed by atoms with Gasteiger partial charge in [-0.2, -0.15) is 0 Å². The highest BCUT2D eigenvalue weighted by Gasteiger charge is 2.23. The maximum absolute atomic E-state index is 6.34. The minimum atomic E-state index is 0.256. The van der Waals surface area contributed by atoms with Gasteiger partial charge in [-0.1, -0.05) is 42.2 Å². The predicted molar refractivity (Wildman–Crippen MR) is 64.8 cm³/mol. The van der Waals surface area contributed by atoms with Gasteiger partial charge in [-0.05, 0) is 38.2 Å². The quantitative estimate of drug-likeness (QED) is 0.782. The molecule has 1 atom stereocenters. The Labute approximate surface area is 92.7 Å². The van der Waals surface area contributed by atoms with Crippen molar-refractivity contribution in [3.8, 4) is 0 Å². The fourth-order valence-corrected chi connectivity index (χ4v) is 2.79. The van der Waals surface area contributed by atoms with Crippen LogP contribution < -0.4 is 5.73 Å². The van der Waals surface area contributed by atoms with Crippen molar-refractivity contribution in [2.75, 3.05) is 0 Å². The third-order valence-corrected chi connectivity index (χ3v) is 3.54. The number of rotatable bonds is 2. The summed E-state index contributed by atoms with van der Waals surface area (Å²) in [6, 6.07) is 6.96. The standard InChI is InChI=1S/C14H21N/c1-10-7-11(2)9-13(8-10)14(15)12-5-3-4-6-12/h7-9,12,14H,3-6,15H2,1-2H3/t14-/m0/s1. The third kappa shape index (κ3) is 2.40. The highest BCUT2D eigenvalue weighted by atomic mass is 14.7. The number of hydrogen-bond donors (Lipinski definition) is 1. The summed E-state index contributed by atoms with van der Waals surface area (Å²) in [6.07, 6.45) is 5.36. The van der Waals surface area contributed by atoms with Crippen molar-refractivity contribution in [3.05, 3.63) is 34.9 Å². The van der Waals surface area contributed by atoms with E-state index in [0.29, 0.717) is 5.92 Å². The number of benzene rings is 1. The molecule has 0 aliphatic heterocycles. The van der Waals surface area contributed by atoms with Gasteiger partial charge in [0.1, 0.15) is 0 Å². The van der Waals surface area contributed by atoms with Crippen molar-refractivity contribution in [1.82, 2.24) is 0 Å². The molecular formula is C14H21N. The lowest BCUT2D eigenvalue weighted by Gasteiger charge is -2.20. The lowest BCUT2D eigenvalue weighted by Crippen LogP contribution is -2.19. The van der Waals surface area contributed by atoms with E-state index < -0.39 is 0 Å². The van der Waals surface area contributed by atoms with Crippen LogP contribution in [-0.4, -0.2) is 0 Å². The Hall–Kier alpha value is -0.820. The van der Waals surface area contributed by atoms with Crippen molar-refractivity contribution in [2.45, 2.75) is 45.6 Å². The fraction of sp³-hybridized carbons (Fsp3) is 0.571. The molecule has 0 saturated heterocycles. The van der Waals surface area contributed by atoms with Crippen LogP contribution in [0.15, 0.2) is 18.2 Å². The minimum absolute atomic E-state index is 0.256. The Bertz CT molecular complexity index is 317. The Kier molecular flexibility index (Phi) is 3.11. The first kappa shape index (κ1) is 10.7. The summed E-state index contributed by atoms with van der Waals surface area (Å²) in [5, 5.41) is 0. The van der Waals surface area contributed by atoms with Crippen LogP contribution in [0.3, 0.4) is 0 Å². The van der Waals surface area contributed by atoms with Gasteiger partial charge in [-0.3, -0.25) is 0 Å². The van der Waals surface area contributed by atoms with Crippen LogP contribution in [0.1, 0.15) is 48.4 Å². The lowest BCUT2D eigenvalue weighted by molar-refractivity contribution is 0.444. The average molecular weight is 203 g/mol. The lowest BCUT2D eigenvalue weighted by atomic mass is 9.91. The van der Waals surface area contributed by atoms with Crippen molar-refractivity contribution in [1.29, 1.82) is 0 Å². The van der Waals surface area contributed by atoms with Crippen LogP contribution in [0.25, 0.3) is 0 Å². The zero-order valence-electron chi connectivity index (χ0n) is 9.79. The summed E-state index contributed by atoms with van der Waals surface area (Å²) >= 11 is 0. The third-order valence-electron chi connectivity index (χ3n) is 3.54. The van der Waals surface area contributed by atoms with Gasteiger partial charge in [0.2, 0.25) is 0 Å². The topological polar surface area (TPSA) is 26.0 Å². The molecule has 82 valence electrons. The molecular weight excluding hydrogens is 182 g/mol. The molecule has 0 unspecified atom stereocenters. The Balaban J connectivity index is 2.20. The molecule has 15 heavy (non-hydrogen) atoms. The van der Waals surface area contributed by atoms with E-state index in [0.717, 1.165) is 0 Å². The van der Waals surface area contributed by atoms with E-state index in [2.05, 4.69) is 32.0 Å². The molecule has 1 fully saturated rings. The average Bonchev–Trinajstić information content (AvgIpc) is 2.67. The second-order valence-electron chi connectivity index (χ2n) is 4.99. The Morgan fingerprint density at radius 1 is 1.07 bits per heavy atom. The van der Waals surface area contributed by atoms with E-state index in [-0.39, 0.29) is 6.04 Å². The second-order valence-corrected chi connectivity index (χ2v) is 4.99. The van der Waals surface area contributed by atoms with Crippen molar-refractivity contribution < 1.29 is 0 Å². The molecule has 1 aliphatic carbocycles. The van der Waals surface area contributed by atoms with E-state index in [1.807, 2.05) is 0 Å². The molecule has 1 aromatic carbocycles. The van der Waals surface area contributed by atoms with Crippen molar-refractivity contribution >= 4 is 0 Å². The van der Waals surface area contributed by atoms with E-state index >= 15 is 0 Å². The zero-order valence-corrected chi connectivity index (χ0v) is 9.79. The van der Waals surface area contributed by atoms with Crippen LogP contribution in [-0.2, 0) is 0 Å². The van der Waals surface area contributed by atoms with Gasteiger partial charge in [0.15, 0.2) is 0 Å². The Morgan fingerprint density at radius 3 is 2.13 bits per heavy atom. The molecule has 0 aromatic heterocycles. The summed E-state index contributed by atoms with van der Waals surface area (Å²) in [6.45, 7) is 4.30. The van der Waals surface area contributed by atoms with E-state index in [4.69, 9.17) is 5.73 Å². The van der Waals surface area contributed by atoms with Crippen molar-refractivity contribution in [3.63, 3.8) is 0 Å². The maximum atomic E-state index is 6.34. The molecule has 0 heterocycles. The summed E-state index contributed by atoms with van der Waals surface area (Å²) in [5.74, 6) is 0.714. The van der Waals surface area contributed by atoms with Crippen LogP contribution >= 0.6 is 0 Å². The first-order chi connectivity index (χ1) is 7.16. The molecule has 1 aliphatic rings. The summed E-state index contributed by atoms with van der Waals surface area (Å²) < 4.78 is 0. The zero-order chi connectivity index (χ0) is 10.8. The SMILES string of the molecule is Cc1cc(C)cc([C@@H](N)C2CCCC2)c1. The molecule has 1 saturated carbocycles. The normalized spacial score (nSPS) is 19.4. The van der Waals surface area contributed by atoms with E-state index in [1.165, 1.54) is 42.4 Å². The van der Waals surface area contributed by atoms with Gasteiger partial charge in [-0.25, -0.2) is 0 Å². The summed E-state index contributed by atoms with van der Waals surface area (Å²) in [7, 11) is 0. The van der Waals surface area contributed by atoms with E-state index in [9.17, 15) is 0 Å². The van der Waals surface area contributed by atoms with Crippen LogP contribution in [0.2, 0.25) is 0 Å². The molecule has 0 bridgehead atoms. The molecule has 0 radical (unpaired) electrons. The van der Waals surface area contributed by atoms with Gasteiger partial charge in [0, 0.05) is 6.04 Å². The van der Waals surface area contributed by atoms with Gasteiger partial charge in [0.25, 0.3) is 0 Å². The monoisotopic (exact) mass is 203 g/mol. The number of nitrogens with two attached hydrogens (primary N) is 1. The maximum Gasteiger partial charge on any atom is 0.0323 e. The molecule has 2 rings (SSSR count). The molecule has 1 aromatic rings. The first-order valence-corrected chi connectivity index (χ1v) is 6.00. The Morgan fingerprint density at radius 2 is 1.60 bits per heavy atom. The second kappa shape index (κ2) is 4.36. The molecule has 1 heteroatoms. The number of aryl methyl sites for hydroxylation is 2. The predicted octanol–water partition coefficient (Wildman–Crippen LogP) is 3.49. The molecule has 0 spiro atoms. The van der Waals surface area contributed by atoms with E-state index in [1.54, 1.807) is 0 Å². The largest absolute Gasteiger partial charge is 0.324 e. The highest BCUT2D eigenvalue weighted by molar-refractivity contribution is 5.30. The summed E-state index contributed by atoms with van der Waals surface area (Å²) in [4.78, 5) is 0. The highest BCUT2D eigenvalue weighted by Crippen LogP contribution is 2.34. The molecule has 2 N–H and O–H groups in total. The van der Waals surface area contributed by atoms with Gasteiger partial charge >= 0.3 is 0 Å². The molecule has 0 amide bonds. The number of hydrogen-bond acceptors (Lipinski definition) is 1. The summed E-state index contributed by atoms with van der Waals surface area (Å²) in [5.41, 5.74) is 10.3. The molecule has 1 nitrogen and oxygen atoms in total. The van der Waals surface area contributed by atoms with Crippen LogP contribution in [0.4, 0.5) is 0 Å². The van der Waals surface area contributed by atoms with Crippen LogP contribution in [0.5, 0.6) is 0 Å². The van der Waals surface area contributed by atoms with Gasteiger partial charge in [0.05, 0.1) is 0 Å². The minimum Gasteiger partial charge on any atom is -0.324 e. The van der Waals surface area contributed by atoms with Crippen LogP contribution in [0, 0.1) is 19.8 Å². The van der Waals surface area contributed by atoms with Crippen molar-refractivity contribution in [2.24, 2.45) is 11.7 Å². The van der Waals surface area contributed by atoms with Gasteiger partial charge in [-0.15, -0.1) is 0 Å².